The van der Waals surface area contributed by atoms with Gasteiger partial charge in [-0.05, 0) is 37.2 Å². The SMILES string of the molecule is CNCCc1cnn(Cc2ccccc2Cl)c1. The number of hydrogen-bond acceptors (Lipinski definition) is 2. The van der Waals surface area contributed by atoms with Crippen molar-refractivity contribution < 1.29 is 0 Å². The van der Waals surface area contributed by atoms with Crippen LogP contribution in [0.3, 0.4) is 0 Å². The lowest BCUT2D eigenvalue weighted by atomic mass is 10.2. The molecule has 0 atom stereocenters. The normalized spacial score (nSPS) is 10.7. The molecule has 1 aromatic heterocycles. The van der Waals surface area contributed by atoms with Crippen molar-refractivity contribution in [2.45, 2.75) is 13.0 Å². The second kappa shape index (κ2) is 5.84. The number of rotatable bonds is 5. The summed E-state index contributed by atoms with van der Waals surface area (Å²) in [5, 5.41) is 8.25. The van der Waals surface area contributed by atoms with E-state index in [0.29, 0.717) is 0 Å². The van der Waals surface area contributed by atoms with Gasteiger partial charge in [-0.3, -0.25) is 4.68 Å². The molecule has 0 amide bonds. The molecule has 1 aromatic carbocycles. The van der Waals surface area contributed by atoms with Gasteiger partial charge in [0.15, 0.2) is 0 Å². The number of benzene rings is 1. The maximum atomic E-state index is 6.11. The van der Waals surface area contributed by atoms with E-state index in [0.717, 1.165) is 30.1 Å². The minimum absolute atomic E-state index is 0.721. The molecule has 0 spiro atoms. The molecule has 4 heteroatoms. The molecule has 3 nitrogen and oxygen atoms in total. The zero-order chi connectivity index (χ0) is 12.1. The summed E-state index contributed by atoms with van der Waals surface area (Å²) in [7, 11) is 1.95. The Balaban J connectivity index is 2.04. The highest BCUT2D eigenvalue weighted by molar-refractivity contribution is 6.31. The van der Waals surface area contributed by atoms with Crippen LogP contribution in [0.25, 0.3) is 0 Å². The van der Waals surface area contributed by atoms with Gasteiger partial charge in [-0.1, -0.05) is 29.8 Å². The lowest BCUT2D eigenvalue weighted by molar-refractivity contribution is 0.685. The first-order chi connectivity index (χ1) is 8.29. The van der Waals surface area contributed by atoms with Gasteiger partial charge in [0.25, 0.3) is 0 Å². The van der Waals surface area contributed by atoms with Gasteiger partial charge in [0, 0.05) is 11.2 Å². The number of halogens is 1. The molecule has 0 bridgehead atoms. The van der Waals surface area contributed by atoms with Gasteiger partial charge in [0.05, 0.1) is 12.7 Å². The van der Waals surface area contributed by atoms with E-state index >= 15 is 0 Å². The smallest absolute Gasteiger partial charge is 0.0673 e. The van der Waals surface area contributed by atoms with Crippen LogP contribution in [0.15, 0.2) is 36.7 Å². The highest BCUT2D eigenvalue weighted by atomic mass is 35.5. The first-order valence-corrected chi connectivity index (χ1v) is 6.06. The van der Waals surface area contributed by atoms with Gasteiger partial charge in [-0.2, -0.15) is 5.10 Å². The molecule has 1 heterocycles. The molecule has 0 radical (unpaired) electrons. The molecule has 2 aromatic rings. The third kappa shape index (κ3) is 3.32. The second-order valence-corrected chi connectivity index (χ2v) is 4.40. The molecule has 0 aliphatic rings. The minimum atomic E-state index is 0.721. The third-order valence-corrected chi connectivity index (χ3v) is 3.01. The molecule has 2 rings (SSSR count). The summed E-state index contributed by atoms with van der Waals surface area (Å²) < 4.78 is 1.92. The summed E-state index contributed by atoms with van der Waals surface area (Å²) in [6, 6.07) is 7.86. The van der Waals surface area contributed by atoms with E-state index in [9.17, 15) is 0 Å². The van der Waals surface area contributed by atoms with Crippen molar-refractivity contribution >= 4 is 11.6 Å². The Morgan fingerprint density at radius 3 is 2.94 bits per heavy atom. The van der Waals surface area contributed by atoms with Crippen LogP contribution in [0, 0.1) is 0 Å². The Morgan fingerprint density at radius 1 is 1.35 bits per heavy atom. The Morgan fingerprint density at radius 2 is 2.18 bits per heavy atom. The Labute approximate surface area is 106 Å². The lowest BCUT2D eigenvalue weighted by Gasteiger charge is -2.03. The van der Waals surface area contributed by atoms with Crippen LogP contribution in [0.2, 0.25) is 5.02 Å². The monoisotopic (exact) mass is 249 g/mol. The summed E-state index contributed by atoms with van der Waals surface area (Å²) in [6.45, 7) is 1.69. The zero-order valence-corrected chi connectivity index (χ0v) is 10.6. The van der Waals surface area contributed by atoms with Crippen molar-refractivity contribution in [3.05, 3.63) is 52.8 Å². The van der Waals surface area contributed by atoms with Crippen LogP contribution in [0.4, 0.5) is 0 Å². The fourth-order valence-corrected chi connectivity index (χ4v) is 1.89. The summed E-state index contributed by atoms with van der Waals surface area (Å²) in [5.74, 6) is 0. The number of nitrogens with zero attached hydrogens (tertiary/aromatic N) is 2. The lowest BCUT2D eigenvalue weighted by Crippen LogP contribution is -2.09. The highest BCUT2D eigenvalue weighted by Gasteiger charge is 2.02. The van der Waals surface area contributed by atoms with Crippen molar-refractivity contribution in [1.82, 2.24) is 15.1 Å². The zero-order valence-electron chi connectivity index (χ0n) is 9.86. The maximum absolute atomic E-state index is 6.11. The van der Waals surface area contributed by atoms with Gasteiger partial charge in [-0.25, -0.2) is 0 Å². The summed E-state index contributed by atoms with van der Waals surface area (Å²) in [5.41, 5.74) is 2.34. The predicted molar refractivity (Wildman–Crippen MR) is 70.4 cm³/mol. The van der Waals surface area contributed by atoms with Crippen LogP contribution in [-0.2, 0) is 13.0 Å². The van der Waals surface area contributed by atoms with Gasteiger partial charge >= 0.3 is 0 Å². The standard InChI is InChI=1S/C13H16ClN3/c1-15-7-6-11-8-16-17(9-11)10-12-4-2-3-5-13(12)14/h2-5,8-9,15H,6-7,10H2,1H3. The number of aromatic nitrogens is 2. The van der Waals surface area contributed by atoms with Gasteiger partial charge < -0.3 is 5.32 Å². The number of hydrogen-bond donors (Lipinski definition) is 1. The topological polar surface area (TPSA) is 29.9 Å². The summed E-state index contributed by atoms with van der Waals surface area (Å²) in [6.07, 6.45) is 4.98. The highest BCUT2D eigenvalue weighted by Crippen LogP contribution is 2.16. The molecular formula is C13H16ClN3. The Bertz CT molecular complexity index is 479. The fourth-order valence-electron chi connectivity index (χ4n) is 1.69. The van der Waals surface area contributed by atoms with E-state index in [1.165, 1.54) is 5.56 Å². The first kappa shape index (κ1) is 12.1. The van der Waals surface area contributed by atoms with Crippen molar-refractivity contribution in [2.75, 3.05) is 13.6 Å². The molecule has 90 valence electrons. The van der Waals surface area contributed by atoms with E-state index in [4.69, 9.17) is 11.6 Å². The van der Waals surface area contributed by atoms with Crippen LogP contribution < -0.4 is 5.32 Å². The average molecular weight is 250 g/mol. The largest absolute Gasteiger partial charge is 0.319 e. The molecule has 0 aliphatic carbocycles. The summed E-state index contributed by atoms with van der Waals surface area (Å²) in [4.78, 5) is 0. The van der Waals surface area contributed by atoms with Crippen LogP contribution in [-0.4, -0.2) is 23.4 Å². The van der Waals surface area contributed by atoms with Gasteiger partial charge in [-0.15, -0.1) is 0 Å². The third-order valence-electron chi connectivity index (χ3n) is 2.64. The van der Waals surface area contributed by atoms with E-state index in [-0.39, 0.29) is 0 Å². The number of nitrogens with one attached hydrogen (secondary N) is 1. The van der Waals surface area contributed by atoms with Crippen molar-refractivity contribution in [1.29, 1.82) is 0 Å². The van der Waals surface area contributed by atoms with Gasteiger partial charge in [0.1, 0.15) is 0 Å². The van der Waals surface area contributed by atoms with E-state index < -0.39 is 0 Å². The quantitative estimate of drug-likeness (QED) is 0.882. The van der Waals surface area contributed by atoms with E-state index in [1.807, 2.05) is 42.2 Å². The van der Waals surface area contributed by atoms with E-state index in [1.54, 1.807) is 0 Å². The van der Waals surface area contributed by atoms with Crippen LogP contribution >= 0.6 is 11.6 Å². The molecular weight excluding hydrogens is 234 g/mol. The summed E-state index contributed by atoms with van der Waals surface area (Å²) >= 11 is 6.11. The number of likely N-dealkylation sites (N-methyl/N-ethyl adjacent to an activating group) is 1. The van der Waals surface area contributed by atoms with Crippen molar-refractivity contribution in [3.8, 4) is 0 Å². The van der Waals surface area contributed by atoms with E-state index in [2.05, 4.69) is 16.6 Å². The van der Waals surface area contributed by atoms with Crippen molar-refractivity contribution in [2.24, 2.45) is 0 Å². The second-order valence-electron chi connectivity index (χ2n) is 3.99. The molecule has 0 saturated heterocycles. The molecule has 17 heavy (non-hydrogen) atoms. The molecule has 0 aliphatic heterocycles. The van der Waals surface area contributed by atoms with Crippen LogP contribution in [0.1, 0.15) is 11.1 Å². The predicted octanol–water partition coefficient (Wildman–Crippen LogP) is 2.35. The first-order valence-electron chi connectivity index (χ1n) is 5.69. The van der Waals surface area contributed by atoms with Gasteiger partial charge in [0.2, 0.25) is 0 Å². The Kier molecular flexibility index (Phi) is 4.18. The molecule has 0 unspecified atom stereocenters. The fraction of sp³-hybridized carbons (Fsp3) is 0.308. The molecule has 1 N–H and O–H groups in total. The Hall–Kier alpha value is -1.32. The maximum Gasteiger partial charge on any atom is 0.0673 e. The molecule has 0 saturated carbocycles. The van der Waals surface area contributed by atoms with Crippen LogP contribution in [0.5, 0.6) is 0 Å². The minimum Gasteiger partial charge on any atom is -0.319 e. The molecule has 0 fully saturated rings. The van der Waals surface area contributed by atoms with Crippen molar-refractivity contribution in [3.63, 3.8) is 0 Å². The average Bonchev–Trinajstić information content (AvgIpc) is 2.77.